The summed E-state index contributed by atoms with van der Waals surface area (Å²) in [7, 11) is 1.99. The predicted molar refractivity (Wildman–Crippen MR) is 65.1 cm³/mol. The lowest BCUT2D eigenvalue weighted by Crippen LogP contribution is -2.31. The van der Waals surface area contributed by atoms with Crippen molar-refractivity contribution in [3.8, 4) is 0 Å². The molecule has 0 aromatic heterocycles. The van der Waals surface area contributed by atoms with Gasteiger partial charge in [-0.15, -0.1) is 0 Å². The fourth-order valence-electron chi connectivity index (χ4n) is 2.06. The lowest BCUT2D eigenvalue weighted by atomic mass is 10.1. The van der Waals surface area contributed by atoms with Crippen LogP contribution < -0.4 is 4.90 Å². The van der Waals surface area contributed by atoms with Gasteiger partial charge in [0.25, 0.3) is 0 Å². The first-order chi connectivity index (χ1) is 7.63. The first-order valence-corrected chi connectivity index (χ1v) is 5.76. The van der Waals surface area contributed by atoms with Gasteiger partial charge in [-0.25, -0.2) is 4.39 Å². The van der Waals surface area contributed by atoms with E-state index in [1.54, 1.807) is 6.07 Å². The summed E-state index contributed by atoms with van der Waals surface area (Å²) in [5.41, 5.74) is 1.56. The van der Waals surface area contributed by atoms with Crippen LogP contribution in [-0.2, 0) is 6.61 Å². The quantitative estimate of drug-likeness (QED) is 0.832. The molecule has 90 valence electrons. The molecule has 3 heteroatoms. The fourth-order valence-corrected chi connectivity index (χ4v) is 2.06. The highest BCUT2D eigenvalue weighted by atomic mass is 19.1. The third-order valence-corrected chi connectivity index (χ3v) is 3.08. The molecule has 0 bridgehead atoms. The Hall–Kier alpha value is -1.09. The van der Waals surface area contributed by atoms with Gasteiger partial charge in [0.1, 0.15) is 5.82 Å². The largest absolute Gasteiger partial charge is 0.392 e. The van der Waals surface area contributed by atoms with Crippen LogP contribution >= 0.6 is 0 Å². The highest BCUT2D eigenvalue weighted by Gasteiger charge is 2.14. The average molecular weight is 225 g/mol. The molecule has 1 aromatic carbocycles. The van der Waals surface area contributed by atoms with Crippen molar-refractivity contribution < 1.29 is 9.50 Å². The van der Waals surface area contributed by atoms with E-state index in [4.69, 9.17) is 0 Å². The number of aliphatic hydroxyl groups excluding tert-OH is 1. The maximum absolute atomic E-state index is 13.0. The molecule has 0 saturated carbocycles. The van der Waals surface area contributed by atoms with Gasteiger partial charge in [0.15, 0.2) is 0 Å². The summed E-state index contributed by atoms with van der Waals surface area (Å²) in [4.78, 5) is 2.12. The van der Waals surface area contributed by atoms with E-state index in [0.29, 0.717) is 11.6 Å². The van der Waals surface area contributed by atoms with Gasteiger partial charge < -0.3 is 10.0 Å². The summed E-state index contributed by atoms with van der Waals surface area (Å²) in [6.45, 7) is 4.14. The summed E-state index contributed by atoms with van der Waals surface area (Å²) in [5.74, 6) is -0.300. The van der Waals surface area contributed by atoms with E-state index in [1.165, 1.54) is 12.1 Å². The molecule has 0 aliphatic heterocycles. The first-order valence-electron chi connectivity index (χ1n) is 5.76. The van der Waals surface area contributed by atoms with Gasteiger partial charge in [0.2, 0.25) is 0 Å². The molecule has 0 aliphatic rings. The van der Waals surface area contributed by atoms with E-state index in [1.807, 2.05) is 7.05 Å². The molecule has 1 N–H and O–H groups in total. The molecular weight excluding hydrogens is 205 g/mol. The van der Waals surface area contributed by atoms with Crippen molar-refractivity contribution in [2.75, 3.05) is 11.9 Å². The van der Waals surface area contributed by atoms with E-state index in [-0.39, 0.29) is 12.4 Å². The highest BCUT2D eigenvalue weighted by molar-refractivity contribution is 5.53. The van der Waals surface area contributed by atoms with Gasteiger partial charge in [0, 0.05) is 24.3 Å². The van der Waals surface area contributed by atoms with Crippen molar-refractivity contribution in [3.63, 3.8) is 0 Å². The molecule has 0 aliphatic carbocycles. The van der Waals surface area contributed by atoms with Gasteiger partial charge >= 0.3 is 0 Å². The molecule has 1 rings (SSSR count). The number of hydrogen-bond donors (Lipinski definition) is 1. The van der Waals surface area contributed by atoms with Crippen molar-refractivity contribution in [3.05, 3.63) is 29.6 Å². The van der Waals surface area contributed by atoms with E-state index >= 15 is 0 Å². The molecule has 0 radical (unpaired) electrons. The Bertz CT molecular complexity index is 337. The Labute approximate surface area is 96.7 Å². The zero-order valence-corrected chi connectivity index (χ0v) is 10.2. The van der Waals surface area contributed by atoms with Crippen LogP contribution in [0.2, 0.25) is 0 Å². The Morgan fingerprint density at radius 3 is 2.44 bits per heavy atom. The average Bonchev–Trinajstić information content (AvgIpc) is 2.30. The third-order valence-electron chi connectivity index (χ3n) is 3.08. The minimum Gasteiger partial charge on any atom is -0.392 e. The summed E-state index contributed by atoms with van der Waals surface area (Å²) >= 11 is 0. The number of benzene rings is 1. The lowest BCUT2D eigenvalue weighted by molar-refractivity contribution is 0.281. The van der Waals surface area contributed by atoms with Crippen LogP contribution in [0.25, 0.3) is 0 Å². The van der Waals surface area contributed by atoms with Crippen LogP contribution in [0.1, 0.15) is 32.3 Å². The lowest BCUT2D eigenvalue weighted by Gasteiger charge is -2.30. The Morgan fingerprint density at radius 1 is 1.31 bits per heavy atom. The minimum atomic E-state index is -0.300. The minimum absolute atomic E-state index is 0.127. The van der Waals surface area contributed by atoms with Crippen molar-refractivity contribution in [1.82, 2.24) is 0 Å². The van der Waals surface area contributed by atoms with Crippen molar-refractivity contribution in [2.45, 2.75) is 39.3 Å². The van der Waals surface area contributed by atoms with E-state index in [2.05, 4.69) is 18.7 Å². The van der Waals surface area contributed by atoms with Crippen molar-refractivity contribution in [1.29, 1.82) is 0 Å². The number of rotatable bonds is 5. The molecular formula is C13H20FNO. The molecule has 16 heavy (non-hydrogen) atoms. The van der Waals surface area contributed by atoms with E-state index in [9.17, 15) is 9.50 Å². The van der Waals surface area contributed by atoms with Crippen LogP contribution in [-0.4, -0.2) is 18.2 Å². The number of aliphatic hydroxyl groups is 1. The third kappa shape index (κ3) is 2.73. The van der Waals surface area contributed by atoms with E-state index < -0.39 is 0 Å². The molecule has 0 atom stereocenters. The van der Waals surface area contributed by atoms with E-state index in [0.717, 1.165) is 18.5 Å². The zero-order valence-electron chi connectivity index (χ0n) is 10.2. The molecule has 0 saturated heterocycles. The first kappa shape index (κ1) is 13.0. The SMILES string of the molecule is CCC(CC)N(C)c1ccc(F)cc1CO. The standard InChI is InChI=1S/C13H20FNO/c1-4-12(5-2)15(3)13-7-6-11(14)8-10(13)9-16/h6-8,12,16H,4-5,9H2,1-3H3. The summed E-state index contributed by atoms with van der Waals surface area (Å²) in [6.07, 6.45) is 2.07. The second-order valence-corrected chi connectivity index (χ2v) is 4.01. The number of halogens is 1. The maximum atomic E-state index is 13.0. The number of hydrogen-bond acceptors (Lipinski definition) is 2. The zero-order chi connectivity index (χ0) is 12.1. The molecule has 0 unspecified atom stereocenters. The monoisotopic (exact) mass is 225 g/mol. The smallest absolute Gasteiger partial charge is 0.123 e. The second-order valence-electron chi connectivity index (χ2n) is 4.01. The Balaban J connectivity index is 3.02. The van der Waals surface area contributed by atoms with Gasteiger partial charge in [-0.2, -0.15) is 0 Å². The van der Waals surface area contributed by atoms with Crippen molar-refractivity contribution >= 4 is 5.69 Å². The second kappa shape index (κ2) is 5.85. The molecule has 0 fully saturated rings. The number of anilines is 1. The van der Waals surface area contributed by atoms with Gasteiger partial charge in [-0.05, 0) is 31.0 Å². The molecule has 2 nitrogen and oxygen atoms in total. The highest BCUT2D eigenvalue weighted by Crippen LogP contribution is 2.24. The number of nitrogens with zero attached hydrogens (tertiary/aromatic N) is 1. The Morgan fingerprint density at radius 2 is 1.94 bits per heavy atom. The van der Waals surface area contributed by atoms with Crippen LogP contribution in [0.15, 0.2) is 18.2 Å². The summed E-state index contributed by atoms with van der Waals surface area (Å²) in [6, 6.07) is 5.00. The van der Waals surface area contributed by atoms with Crippen LogP contribution in [0.4, 0.5) is 10.1 Å². The van der Waals surface area contributed by atoms with Crippen molar-refractivity contribution in [2.24, 2.45) is 0 Å². The van der Waals surface area contributed by atoms with Crippen LogP contribution in [0.3, 0.4) is 0 Å². The van der Waals surface area contributed by atoms with Gasteiger partial charge in [0.05, 0.1) is 6.61 Å². The molecule has 0 spiro atoms. The van der Waals surface area contributed by atoms with Crippen LogP contribution in [0, 0.1) is 5.82 Å². The molecule has 0 amide bonds. The predicted octanol–water partition coefficient (Wildman–Crippen LogP) is 2.94. The maximum Gasteiger partial charge on any atom is 0.123 e. The summed E-state index contributed by atoms with van der Waals surface area (Å²) in [5, 5.41) is 9.23. The Kier molecular flexibility index (Phi) is 4.74. The molecule has 1 aromatic rings. The van der Waals surface area contributed by atoms with Crippen LogP contribution in [0.5, 0.6) is 0 Å². The van der Waals surface area contributed by atoms with Gasteiger partial charge in [-0.1, -0.05) is 13.8 Å². The topological polar surface area (TPSA) is 23.5 Å². The van der Waals surface area contributed by atoms with Gasteiger partial charge in [-0.3, -0.25) is 0 Å². The molecule has 0 heterocycles. The fraction of sp³-hybridized carbons (Fsp3) is 0.538. The normalized spacial score (nSPS) is 10.9. The summed E-state index contributed by atoms with van der Waals surface area (Å²) < 4.78 is 13.0.